The largest absolute Gasteiger partial charge is 0.349 e. The van der Waals surface area contributed by atoms with E-state index < -0.39 is 11.6 Å². The van der Waals surface area contributed by atoms with E-state index in [1.807, 2.05) is 56.3 Å². The molecule has 0 aliphatic carbocycles. The average molecular weight is 357 g/mol. The van der Waals surface area contributed by atoms with Crippen molar-refractivity contribution in [3.63, 3.8) is 0 Å². The van der Waals surface area contributed by atoms with Gasteiger partial charge in [-0.15, -0.1) is 0 Å². The van der Waals surface area contributed by atoms with Gasteiger partial charge in [0.15, 0.2) is 18.0 Å². The van der Waals surface area contributed by atoms with Crippen LogP contribution >= 0.6 is 0 Å². The lowest BCUT2D eigenvalue weighted by Crippen LogP contribution is -2.55. The molecule has 1 aliphatic heterocycles. The molecule has 0 bridgehead atoms. The third-order valence-electron chi connectivity index (χ3n) is 4.69. The number of carbonyl (C=O) groups is 1. The Hall–Kier alpha value is -2.53. The summed E-state index contributed by atoms with van der Waals surface area (Å²) in [5.41, 5.74) is 1.16. The third-order valence-corrected chi connectivity index (χ3v) is 4.69. The second kappa shape index (κ2) is 7.38. The molecule has 0 radical (unpaired) electrons. The Bertz CT molecular complexity index is 820. The van der Waals surface area contributed by atoms with Crippen molar-refractivity contribution in [2.75, 3.05) is 13.1 Å². The first kappa shape index (κ1) is 18.3. The molecule has 1 heterocycles. The van der Waals surface area contributed by atoms with Gasteiger partial charge in [0.2, 0.25) is 0 Å². The van der Waals surface area contributed by atoms with Crippen LogP contribution in [-0.4, -0.2) is 25.0 Å². The fourth-order valence-electron chi connectivity index (χ4n) is 3.65. The molecule has 0 saturated carbocycles. The summed E-state index contributed by atoms with van der Waals surface area (Å²) in [6.45, 7) is 4.21. The van der Waals surface area contributed by atoms with E-state index in [0.29, 0.717) is 6.54 Å². The fraction of sp³-hybridized carbons (Fsp3) is 0.286. The molecule has 1 unspecified atom stereocenters. The Balaban J connectivity index is 2.10. The van der Waals surface area contributed by atoms with Gasteiger partial charge in [0.05, 0.1) is 0 Å². The predicted octanol–water partition coefficient (Wildman–Crippen LogP) is 4.11. The molecule has 0 fully saturated rings. The molecule has 3 nitrogen and oxygen atoms in total. The van der Waals surface area contributed by atoms with E-state index in [1.54, 1.807) is 0 Å². The Kier molecular flexibility index (Phi) is 5.18. The molecule has 2 aromatic carbocycles. The number of rotatable bonds is 5. The van der Waals surface area contributed by atoms with Gasteiger partial charge in [-0.1, -0.05) is 30.3 Å². The minimum atomic E-state index is -0.512. The highest BCUT2D eigenvalue weighted by molar-refractivity contribution is 5.81. The van der Waals surface area contributed by atoms with Crippen LogP contribution in [0.2, 0.25) is 0 Å². The molecule has 3 rings (SSSR count). The van der Waals surface area contributed by atoms with Crippen molar-refractivity contribution in [1.29, 1.82) is 0 Å². The highest BCUT2D eigenvalue weighted by Crippen LogP contribution is 2.41. The Morgan fingerprint density at radius 1 is 1.19 bits per heavy atom. The first-order valence-electron chi connectivity index (χ1n) is 8.76. The standard InChI is InChI=1S/C21H22F2N2O/c1-15(2)24-21(26)14-25(20-13-17(22)10-11-18(20)23)12-6-9-19(25)16-7-4-3-5-8-16/h3-11,13,15,19H,12,14H2,1-2H3/p+1/t19-,25?/m0/s1. The zero-order valence-electron chi connectivity index (χ0n) is 15.0. The van der Waals surface area contributed by atoms with E-state index >= 15 is 0 Å². The van der Waals surface area contributed by atoms with Gasteiger partial charge >= 0.3 is 0 Å². The molecule has 1 amide bonds. The number of quaternary nitrogens is 1. The average Bonchev–Trinajstić information content (AvgIpc) is 3.01. The van der Waals surface area contributed by atoms with Crippen LogP contribution in [0.1, 0.15) is 25.5 Å². The van der Waals surface area contributed by atoms with Crippen LogP contribution < -0.4 is 9.80 Å². The number of amides is 1. The van der Waals surface area contributed by atoms with Crippen molar-refractivity contribution >= 4 is 11.6 Å². The molecule has 136 valence electrons. The zero-order valence-corrected chi connectivity index (χ0v) is 15.0. The number of hydrogen-bond donors (Lipinski definition) is 1. The zero-order chi connectivity index (χ0) is 18.7. The Labute approximate surface area is 152 Å². The summed E-state index contributed by atoms with van der Waals surface area (Å²) in [4.78, 5) is 12.6. The van der Waals surface area contributed by atoms with Crippen LogP contribution in [0.25, 0.3) is 0 Å². The lowest BCUT2D eigenvalue weighted by atomic mass is 10.0. The minimum absolute atomic E-state index is 0.00611. The fourth-order valence-corrected chi connectivity index (χ4v) is 3.65. The van der Waals surface area contributed by atoms with Crippen molar-refractivity contribution < 1.29 is 13.6 Å². The number of nitrogens with one attached hydrogen (secondary N) is 1. The minimum Gasteiger partial charge on any atom is -0.349 e. The molecule has 2 atom stereocenters. The van der Waals surface area contributed by atoms with E-state index in [2.05, 4.69) is 5.32 Å². The van der Waals surface area contributed by atoms with Gasteiger partial charge in [0.25, 0.3) is 5.91 Å². The lowest BCUT2D eigenvalue weighted by Gasteiger charge is -2.39. The predicted molar refractivity (Wildman–Crippen MR) is 99.5 cm³/mol. The van der Waals surface area contributed by atoms with Crippen molar-refractivity contribution in [3.8, 4) is 0 Å². The molecule has 1 N–H and O–H groups in total. The van der Waals surface area contributed by atoms with Crippen LogP contribution in [0.3, 0.4) is 0 Å². The van der Waals surface area contributed by atoms with Crippen LogP contribution in [0, 0.1) is 11.6 Å². The normalized spacial score (nSPS) is 22.0. The van der Waals surface area contributed by atoms with Gasteiger partial charge in [-0.25, -0.2) is 8.78 Å². The quantitative estimate of drug-likeness (QED) is 0.633. The van der Waals surface area contributed by atoms with E-state index in [4.69, 9.17) is 0 Å². The number of nitrogens with zero attached hydrogens (tertiary/aromatic N) is 1. The SMILES string of the molecule is CC(C)NC(=O)C[N+]1(c2cc(F)ccc2F)CC=C[C@H]1c1ccccc1. The maximum Gasteiger partial charge on any atom is 0.275 e. The van der Waals surface area contributed by atoms with Gasteiger partial charge in [0.1, 0.15) is 18.4 Å². The summed E-state index contributed by atoms with van der Waals surface area (Å²) in [6.07, 6.45) is 3.91. The smallest absolute Gasteiger partial charge is 0.275 e. The molecule has 0 saturated heterocycles. The number of hydrogen-bond acceptors (Lipinski definition) is 1. The summed E-state index contributed by atoms with van der Waals surface area (Å²) in [5, 5.41) is 2.87. The van der Waals surface area contributed by atoms with Crippen LogP contribution in [0.4, 0.5) is 14.5 Å². The first-order chi connectivity index (χ1) is 12.4. The molecule has 1 aliphatic rings. The van der Waals surface area contributed by atoms with Crippen LogP contribution in [0.5, 0.6) is 0 Å². The molecule has 5 heteroatoms. The van der Waals surface area contributed by atoms with E-state index in [-0.39, 0.29) is 34.7 Å². The van der Waals surface area contributed by atoms with Gasteiger partial charge in [-0.2, -0.15) is 0 Å². The Morgan fingerprint density at radius 3 is 2.62 bits per heavy atom. The van der Waals surface area contributed by atoms with Crippen molar-refractivity contribution in [2.24, 2.45) is 0 Å². The molecular formula is C21H23F2N2O+. The summed E-state index contributed by atoms with van der Waals surface area (Å²) in [7, 11) is 0. The highest BCUT2D eigenvalue weighted by atomic mass is 19.1. The van der Waals surface area contributed by atoms with E-state index in [1.165, 1.54) is 6.07 Å². The van der Waals surface area contributed by atoms with Gasteiger partial charge in [-0.3, -0.25) is 9.28 Å². The monoisotopic (exact) mass is 357 g/mol. The summed E-state index contributed by atoms with van der Waals surface area (Å²) >= 11 is 0. The summed E-state index contributed by atoms with van der Waals surface area (Å²) in [5.74, 6) is -1.21. The maximum absolute atomic E-state index is 14.7. The van der Waals surface area contributed by atoms with Gasteiger partial charge in [0, 0.05) is 17.7 Å². The van der Waals surface area contributed by atoms with Crippen molar-refractivity contribution in [3.05, 3.63) is 77.9 Å². The van der Waals surface area contributed by atoms with Crippen LogP contribution in [-0.2, 0) is 4.79 Å². The molecular weight excluding hydrogens is 334 g/mol. The highest BCUT2D eigenvalue weighted by Gasteiger charge is 2.45. The van der Waals surface area contributed by atoms with E-state index in [9.17, 15) is 13.6 Å². The second-order valence-electron chi connectivity index (χ2n) is 6.98. The van der Waals surface area contributed by atoms with Crippen LogP contribution in [0.15, 0.2) is 60.7 Å². The number of benzene rings is 2. The molecule has 0 aromatic heterocycles. The number of carbonyl (C=O) groups excluding carboxylic acids is 1. The summed E-state index contributed by atoms with van der Waals surface area (Å²) < 4.78 is 28.7. The summed E-state index contributed by atoms with van der Waals surface area (Å²) in [6, 6.07) is 12.8. The topological polar surface area (TPSA) is 29.1 Å². The lowest BCUT2D eigenvalue weighted by molar-refractivity contribution is -0.122. The van der Waals surface area contributed by atoms with E-state index in [0.717, 1.165) is 17.7 Å². The molecule has 26 heavy (non-hydrogen) atoms. The van der Waals surface area contributed by atoms with Crippen molar-refractivity contribution in [1.82, 2.24) is 9.80 Å². The maximum atomic E-state index is 14.7. The number of halogens is 2. The Morgan fingerprint density at radius 2 is 1.92 bits per heavy atom. The first-order valence-corrected chi connectivity index (χ1v) is 8.76. The molecule has 2 aromatic rings. The second-order valence-corrected chi connectivity index (χ2v) is 6.98. The van der Waals surface area contributed by atoms with Gasteiger partial charge in [-0.05, 0) is 38.1 Å². The van der Waals surface area contributed by atoms with Gasteiger partial charge < -0.3 is 5.32 Å². The third kappa shape index (κ3) is 3.53. The van der Waals surface area contributed by atoms with Crippen molar-refractivity contribution in [2.45, 2.75) is 25.9 Å². The molecule has 0 spiro atoms.